The molecule has 2 rings (SSSR count). The number of non-ortho nitro benzene ring substituents is 1. The molecule has 26 heavy (non-hydrogen) atoms. The molecule has 0 spiro atoms. The first-order valence-electron chi connectivity index (χ1n) is 7.78. The largest absolute Gasteiger partial charge is 0.490 e. The number of benzene rings is 2. The molecule has 0 heterocycles. The van der Waals surface area contributed by atoms with E-state index in [1.165, 1.54) is 12.1 Å². The van der Waals surface area contributed by atoms with Crippen LogP contribution < -0.4 is 14.9 Å². The lowest BCUT2D eigenvalue weighted by molar-refractivity contribution is -0.384. The van der Waals surface area contributed by atoms with Crippen molar-refractivity contribution in [2.75, 3.05) is 18.6 Å². The minimum Gasteiger partial charge on any atom is -0.490 e. The average molecular weight is 420 g/mol. The van der Waals surface area contributed by atoms with Crippen molar-refractivity contribution < 1.29 is 14.4 Å². The van der Waals surface area contributed by atoms with E-state index in [9.17, 15) is 10.1 Å². The van der Waals surface area contributed by atoms with Gasteiger partial charge in [-0.15, -0.1) is 0 Å². The van der Waals surface area contributed by atoms with Crippen molar-refractivity contribution in [3.63, 3.8) is 0 Å². The highest BCUT2D eigenvalue weighted by Gasteiger charge is 2.10. The summed E-state index contributed by atoms with van der Waals surface area (Å²) in [5.74, 6) is 1.22. The van der Waals surface area contributed by atoms with E-state index in [4.69, 9.17) is 9.47 Å². The number of hydrogen-bond acceptors (Lipinski definition) is 6. The minimum absolute atomic E-state index is 0.0266. The van der Waals surface area contributed by atoms with Crippen LogP contribution in [0.4, 0.5) is 11.4 Å². The van der Waals surface area contributed by atoms with Crippen LogP contribution >= 0.6 is 15.9 Å². The maximum atomic E-state index is 10.7. The van der Waals surface area contributed by atoms with Crippen LogP contribution in [0.2, 0.25) is 0 Å². The fourth-order valence-corrected chi connectivity index (χ4v) is 2.44. The van der Waals surface area contributed by atoms with Gasteiger partial charge in [-0.05, 0) is 47.1 Å². The molecule has 0 fully saturated rings. The third-order valence-corrected chi connectivity index (χ3v) is 3.88. The Morgan fingerprint density at radius 3 is 2.58 bits per heavy atom. The summed E-state index contributed by atoms with van der Waals surface area (Å²) in [6.45, 7) is 6.40. The first-order valence-corrected chi connectivity index (χ1v) is 8.58. The van der Waals surface area contributed by atoms with Gasteiger partial charge in [0.2, 0.25) is 0 Å². The number of nitro groups is 1. The number of nitro benzene ring substituents is 1. The molecule has 0 amide bonds. The number of hydrazone groups is 1. The van der Waals surface area contributed by atoms with E-state index in [1.54, 1.807) is 24.4 Å². The van der Waals surface area contributed by atoms with E-state index in [0.29, 0.717) is 30.4 Å². The molecule has 1 N–H and O–H groups in total. The van der Waals surface area contributed by atoms with Gasteiger partial charge in [-0.1, -0.05) is 12.7 Å². The van der Waals surface area contributed by atoms with Crippen molar-refractivity contribution in [2.45, 2.75) is 6.92 Å². The van der Waals surface area contributed by atoms with Crippen molar-refractivity contribution in [3.8, 4) is 11.5 Å². The van der Waals surface area contributed by atoms with Gasteiger partial charge in [0.1, 0.15) is 6.61 Å². The third kappa shape index (κ3) is 5.32. The molecular formula is C18H18BrN3O4. The fraction of sp³-hybridized carbons (Fsp3) is 0.167. The van der Waals surface area contributed by atoms with E-state index in [1.807, 2.05) is 19.1 Å². The van der Waals surface area contributed by atoms with Crippen molar-refractivity contribution >= 4 is 33.5 Å². The number of rotatable bonds is 9. The van der Waals surface area contributed by atoms with E-state index < -0.39 is 4.92 Å². The molecule has 0 aliphatic rings. The molecule has 8 heteroatoms. The summed E-state index contributed by atoms with van der Waals surface area (Å²) in [7, 11) is 0. The summed E-state index contributed by atoms with van der Waals surface area (Å²) >= 11 is 3.48. The first-order chi connectivity index (χ1) is 12.5. The van der Waals surface area contributed by atoms with Gasteiger partial charge in [0.15, 0.2) is 11.5 Å². The molecule has 0 aromatic heterocycles. The van der Waals surface area contributed by atoms with Crippen LogP contribution in [0.15, 0.2) is 58.6 Å². The number of ether oxygens (including phenoxy) is 2. The lowest BCUT2D eigenvalue weighted by Crippen LogP contribution is -2.01. The molecule has 0 aliphatic heterocycles. The van der Waals surface area contributed by atoms with Gasteiger partial charge in [-0.3, -0.25) is 15.5 Å². The van der Waals surface area contributed by atoms with Crippen LogP contribution in [0.25, 0.3) is 0 Å². The van der Waals surface area contributed by atoms with Gasteiger partial charge in [-0.25, -0.2) is 0 Å². The molecule has 0 saturated heterocycles. The van der Waals surface area contributed by atoms with E-state index in [0.717, 1.165) is 10.0 Å². The highest BCUT2D eigenvalue weighted by molar-refractivity contribution is 9.10. The van der Waals surface area contributed by atoms with Crippen LogP contribution in [0, 0.1) is 10.1 Å². The van der Waals surface area contributed by atoms with Crippen molar-refractivity contribution in [1.82, 2.24) is 0 Å². The summed E-state index contributed by atoms with van der Waals surface area (Å²) in [5, 5.41) is 14.8. The molecule has 0 aliphatic carbocycles. The summed E-state index contributed by atoms with van der Waals surface area (Å²) in [6, 6.07) is 9.61. The highest BCUT2D eigenvalue weighted by Crippen LogP contribution is 2.33. The van der Waals surface area contributed by atoms with Crippen molar-refractivity contribution in [2.24, 2.45) is 5.10 Å². The predicted octanol–water partition coefficient (Wildman–Crippen LogP) is 4.77. The van der Waals surface area contributed by atoms with Crippen LogP contribution in [0.3, 0.4) is 0 Å². The molecular weight excluding hydrogens is 402 g/mol. The Labute approximate surface area is 159 Å². The molecule has 2 aromatic carbocycles. The monoisotopic (exact) mass is 419 g/mol. The topological polar surface area (TPSA) is 86.0 Å². The molecule has 2 aromatic rings. The standard InChI is InChI=1S/C18H18BrN3O4/c1-3-9-26-18-11-16(19)13(10-17(18)25-4-2)12-20-21-14-5-7-15(8-6-14)22(23)24/h3,5-8,10-12,21H,1,4,9H2,2H3/b20-12-. The molecule has 0 unspecified atom stereocenters. The Balaban J connectivity index is 2.14. The van der Waals surface area contributed by atoms with Crippen molar-refractivity contribution in [1.29, 1.82) is 0 Å². The zero-order valence-electron chi connectivity index (χ0n) is 14.1. The van der Waals surface area contributed by atoms with Crippen LogP contribution in [0.5, 0.6) is 11.5 Å². The van der Waals surface area contributed by atoms with Gasteiger partial charge in [-0.2, -0.15) is 5.10 Å². The second-order valence-corrected chi connectivity index (χ2v) is 5.88. The predicted molar refractivity (Wildman–Crippen MR) is 105 cm³/mol. The maximum absolute atomic E-state index is 10.7. The molecule has 0 atom stereocenters. The zero-order valence-corrected chi connectivity index (χ0v) is 15.7. The maximum Gasteiger partial charge on any atom is 0.269 e. The number of halogens is 1. The van der Waals surface area contributed by atoms with E-state index >= 15 is 0 Å². The Kier molecular flexibility index (Phi) is 7.16. The minimum atomic E-state index is -0.449. The molecule has 136 valence electrons. The second kappa shape index (κ2) is 9.57. The van der Waals surface area contributed by atoms with Gasteiger partial charge >= 0.3 is 0 Å². The average Bonchev–Trinajstić information content (AvgIpc) is 2.63. The first kappa shape index (κ1) is 19.5. The number of anilines is 1. The Hall–Kier alpha value is -2.87. The lowest BCUT2D eigenvalue weighted by atomic mass is 10.2. The van der Waals surface area contributed by atoms with E-state index in [-0.39, 0.29) is 5.69 Å². The molecule has 0 saturated carbocycles. The smallest absolute Gasteiger partial charge is 0.269 e. The van der Waals surface area contributed by atoms with E-state index in [2.05, 4.69) is 33.0 Å². The van der Waals surface area contributed by atoms with Gasteiger partial charge < -0.3 is 9.47 Å². The molecule has 0 bridgehead atoms. The zero-order chi connectivity index (χ0) is 18.9. The third-order valence-electron chi connectivity index (χ3n) is 3.19. The Bertz CT molecular complexity index is 807. The van der Waals surface area contributed by atoms with Gasteiger partial charge in [0.25, 0.3) is 5.69 Å². The quantitative estimate of drug-likeness (QED) is 0.274. The van der Waals surface area contributed by atoms with Crippen molar-refractivity contribution in [3.05, 3.63) is 69.2 Å². The lowest BCUT2D eigenvalue weighted by Gasteiger charge is -2.12. The molecule has 7 nitrogen and oxygen atoms in total. The fourth-order valence-electron chi connectivity index (χ4n) is 2.01. The SMILES string of the molecule is C=CCOc1cc(Br)c(/C=N\Nc2ccc([N+](=O)[O-])cc2)cc1OCC. The van der Waals surface area contributed by atoms with Crippen LogP contribution in [-0.4, -0.2) is 24.4 Å². The Morgan fingerprint density at radius 1 is 1.27 bits per heavy atom. The molecule has 0 radical (unpaired) electrons. The normalized spacial score (nSPS) is 10.5. The summed E-state index contributed by atoms with van der Waals surface area (Å²) < 4.78 is 12.0. The van der Waals surface area contributed by atoms with Gasteiger partial charge in [0, 0.05) is 22.2 Å². The van der Waals surface area contributed by atoms with Crippen LogP contribution in [0.1, 0.15) is 12.5 Å². The second-order valence-electron chi connectivity index (χ2n) is 5.03. The summed E-state index contributed by atoms with van der Waals surface area (Å²) in [6.07, 6.45) is 3.28. The number of nitrogens with zero attached hydrogens (tertiary/aromatic N) is 2. The summed E-state index contributed by atoms with van der Waals surface area (Å²) in [5.41, 5.74) is 4.28. The van der Waals surface area contributed by atoms with Gasteiger partial charge in [0.05, 0.1) is 23.4 Å². The summed E-state index contributed by atoms with van der Waals surface area (Å²) in [4.78, 5) is 10.2. The number of hydrogen-bond donors (Lipinski definition) is 1. The Morgan fingerprint density at radius 2 is 1.96 bits per heavy atom. The number of nitrogens with one attached hydrogen (secondary N) is 1. The highest BCUT2D eigenvalue weighted by atomic mass is 79.9. The van der Waals surface area contributed by atoms with Crippen LogP contribution in [-0.2, 0) is 0 Å².